The second-order valence-corrected chi connectivity index (χ2v) is 16.5. The van der Waals surface area contributed by atoms with Gasteiger partial charge in [0.2, 0.25) is 8.32 Å². The Hall–Kier alpha value is -0.876. The molecule has 0 aliphatic heterocycles. The molecule has 0 radical (unpaired) electrons. The van der Waals surface area contributed by atoms with Crippen LogP contribution in [0.25, 0.3) is 0 Å². The Balaban J connectivity index is 3.05. The van der Waals surface area contributed by atoms with Crippen LogP contribution in [0.3, 0.4) is 0 Å². The standard InChI is InChI=1S/C14H24O2Si2/c1-17(2,3)13(12-10-8-7-9-11-12)14(15)16-18(4,5)6/h7-11,13H,1-6H3/t13-/m0/s1. The van der Waals surface area contributed by atoms with Crippen LogP contribution in [0.15, 0.2) is 30.3 Å². The normalized spacial score (nSPS) is 14.1. The van der Waals surface area contributed by atoms with E-state index < -0.39 is 16.4 Å². The fourth-order valence-electron chi connectivity index (χ4n) is 2.00. The van der Waals surface area contributed by atoms with Crippen molar-refractivity contribution in [1.29, 1.82) is 0 Å². The lowest BCUT2D eigenvalue weighted by Gasteiger charge is -2.30. The van der Waals surface area contributed by atoms with E-state index in [0.29, 0.717) is 0 Å². The van der Waals surface area contributed by atoms with Crippen LogP contribution < -0.4 is 0 Å². The molecule has 2 nitrogen and oxygen atoms in total. The van der Waals surface area contributed by atoms with E-state index in [9.17, 15) is 4.79 Å². The smallest absolute Gasteiger partial charge is 0.297 e. The quantitative estimate of drug-likeness (QED) is 0.779. The summed E-state index contributed by atoms with van der Waals surface area (Å²) in [4.78, 5) is 12.5. The molecule has 1 rings (SSSR count). The van der Waals surface area contributed by atoms with E-state index in [-0.39, 0.29) is 11.5 Å². The second-order valence-electron chi connectivity index (χ2n) is 6.74. The Morgan fingerprint density at radius 3 is 1.89 bits per heavy atom. The van der Waals surface area contributed by atoms with E-state index >= 15 is 0 Å². The minimum absolute atomic E-state index is 0.0282. The zero-order chi connectivity index (χ0) is 14.0. The molecule has 18 heavy (non-hydrogen) atoms. The molecule has 0 aliphatic carbocycles. The molecule has 0 saturated heterocycles. The molecule has 0 heterocycles. The van der Waals surface area contributed by atoms with Crippen molar-refractivity contribution in [3.63, 3.8) is 0 Å². The van der Waals surface area contributed by atoms with Crippen LogP contribution in [-0.2, 0) is 9.22 Å². The number of carbonyl (C=O) groups is 1. The van der Waals surface area contributed by atoms with Gasteiger partial charge < -0.3 is 4.43 Å². The molecule has 0 aromatic heterocycles. The SMILES string of the molecule is C[Si](C)(C)OC(=O)[C@H](c1ccccc1)[Si](C)(C)C. The summed E-state index contributed by atoms with van der Waals surface area (Å²) in [5, 5.41) is 0. The molecule has 4 heteroatoms. The van der Waals surface area contributed by atoms with Gasteiger partial charge in [0.25, 0.3) is 5.97 Å². The first-order chi connectivity index (χ1) is 8.11. The predicted molar refractivity (Wildman–Crippen MR) is 82.0 cm³/mol. The molecule has 0 bridgehead atoms. The fraction of sp³-hybridized carbons (Fsp3) is 0.500. The molecule has 1 aromatic carbocycles. The molecular weight excluding hydrogens is 256 g/mol. The molecule has 0 N–H and O–H groups in total. The number of rotatable bonds is 4. The van der Waals surface area contributed by atoms with Crippen molar-refractivity contribution in [2.45, 2.75) is 44.8 Å². The van der Waals surface area contributed by atoms with Gasteiger partial charge in [0, 0.05) is 0 Å². The maximum absolute atomic E-state index is 12.5. The lowest BCUT2D eigenvalue weighted by molar-refractivity contribution is -0.135. The summed E-state index contributed by atoms with van der Waals surface area (Å²) >= 11 is 0. The zero-order valence-electron chi connectivity index (χ0n) is 12.3. The van der Waals surface area contributed by atoms with E-state index in [1.54, 1.807) is 0 Å². The third-order valence-corrected chi connectivity index (χ3v) is 5.76. The minimum atomic E-state index is -1.82. The third kappa shape index (κ3) is 4.42. The van der Waals surface area contributed by atoms with Crippen LogP contribution in [-0.4, -0.2) is 22.4 Å². The van der Waals surface area contributed by atoms with Crippen LogP contribution in [0.5, 0.6) is 0 Å². The van der Waals surface area contributed by atoms with E-state index in [2.05, 4.69) is 39.3 Å². The first-order valence-electron chi connectivity index (χ1n) is 6.39. The van der Waals surface area contributed by atoms with Crippen molar-refractivity contribution in [2.24, 2.45) is 0 Å². The Morgan fingerprint density at radius 1 is 1.00 bits per heavy atom. The molecule has 1 atom stereocenters. The predicted octanol–water partition coefficient (Wildman–Crippen LogP) is 4.03. The van der Waals surface area contributed by atoms with Crippen molar-refractivity contribution >= 4 is 22.4 Å². The first kappa shape index (κ1) is 15.2. The zero-order valence-corrected chi connectivity index (χ0v) is 14.3. The van der Waals surface area contributed by atoms with Gasteiger partial charge in [-0.25, -0.2) is 0 Å². The van der Waals surface area contributed by atoms with Gasteiger partial charge in [0.05, 0.1) is 13.6 Å². The summed E-state index contributed by atoms with van der Waals surface area (Å²) in [5.74, 6) is -0.0282. The minimum Gasteiger partial charge on any atom is -0.520 e. The highest BCUT2D eigenvalue weighted by molar-refractivity contribution is 6.81. The number of hydrogen-bond donors (Lipinski definition) is 0. The van der Waals surface area contributed by atoms with Gasteiger partial charge in [-0.2, -0.15) is 0 Å². The van der Waals surface area contributed by atoms with Gasteiger partial charge in [-0.1, -0.05) is 50.0 Å². The van der Waals surface area contributed by atoms with E-state index in [4.69, 9.17) is 4.43 Å². The highest BCUT2D eigenvalue weighted by Crippen LogP contribution is 2.29. The van der Waals surface area contributed by atoms with Crippen molar-refractivity contribution in [1.82, 2.24) is 0 Å². The van der Waals surface area contributed by atoms with Crippen LogP contribution in [0.4, 0.5) is 0 Å². The highest BCUT2D eigenvalue weighted by Gasteiger charge is 2.37. The maximum Gasteiger partial charge on any atom is 0.297 e. The molecular formula is C14H24O2Si2. The summed E-state index contributed by atoms with van der Waals surface area (Å²) in [6.45, 7) is 12.8. The Morgan fingerprint density at radius 2 is 1.50 bits per heavy atom. The second kappa shape index (κ2) is 5.40. The third-order valence-electron chi connectivity index (χ3n) is 2.64. The maximum atomic E-state index is 12.5. The summed E-state index contributed by atoms with van der Waals surface area (Å²) in [6.07, 6.45) is 0. The molecule has 0 saturated carbocycles. The molecule has 100 valence electrons. The van der Waals surface area contributed by atoms with E-state index in [0.717, 1.165) is 5.56 Å². The van der Waals surface area contributed by atoms with Crippen LogP contribution in [0.2, 0.25) is 39.3 Å². The van der Waals surface area contributed by atoms with Crippen LogP contribution in [0, 0.1) is 0 Å². The number of carbonyl (C=O) groups excluding carboxylic acids is 1. The fourth-order valence-corrected chi connectivity index (χ4v) is 4.79. The molecule has 1 aromatic rings. The molecule has 0 amide bonds. The lowest BCUT2D eigenvalue weighted by Crippen LogP contribution is -2.41. The van der Waals surface area contributed by atoms with E-state index in [1.165, 1.54) is 0 Å². The summed E-state index contributed by atoms with van der Waals surface area (Å²) in [5.41, 5.74) is 1.03. The number of benzene rings is 1. The lowest BCUT2D eigenvalue weighted by atomic mass is 10.1. The molecule has 0 unspecified atom stereocenters. The Labute approximate surface area is 113 Å². The van der Waals surface area contributed by atoms with Gasteiger partial charge in [0.1, 0.15) is 0 Å². The Kier molecular flexibility index (Phi) is 4.56. The summed E-state index contributed by atoms with van der Waals surface area (Å²) in [7, 11) is -3.46. The molecule has 0 aliphatic rings. The highest BCUT2D eigenvalue weighted by atomic mass is 28.4. The van der Waals surface area contributed by atoms with Crippen LogP contribution >= 0.6 is 0 Å². The summed E-state index contributed by atoms with van der Waals surface area (Å²) in [6, 6.07) is 10.0. The van der Waals surface area contributed by atoms with Crippen molar-refractivity contribution in [3.05, 3.63) is 35.9 Å². The van der Waals surface area contributed by atoms with Gasteiger partial charge in [0.15, 0.2) is 0 Å². The average molecular weight is 281 g/mol. The average Bonchev–Trinajstić information content (AvgIpc) is 2.13. The van der Waals surface area contributed by atoms with Gasteiger partial charge in [-0.05, 0) is 25.2 Å². The van der Waals surface area contributed by atoms with Crippen molar-refractivity contribution in [2.75, 3.05) is 0 Å². The van der Waals surface area contributed by atoms with Gasteiger partial charge in [-0.3, -0.25) is 4.79 Å². The van der Waals surface area contributed by atoms with Crippen LogP contribution in [0.1, 0.15) is 11.1 Å². The monoisotopic (exact) mass is 280 g/mol. The number of hydrogen-bond acceptors (Lipinski definition) is 2. The van der Waals surface area contributed by atoms with E-state index in [1.807, 2.05) is 30.3 Å². The van der Waals surface area contributed by atoms with Crippen molar-refractivity contribution in [3.8, 4) is 0 Å². The Bertz CT molecular complexity index is 402. The van der Waals surface area contributed by atoms with Gasteiger partial charge >= 0.3 is 0 Å². The molecule has 0 spiro atoms. The largest absolute Gasteiger partial charge is 0.520 e. The van der Waals surface area contributed by atoms with Crippen molar-refractivity contribution < 1.29 is 9.22 Å². The molecule has 0 fully saturated rings. The first-order valence-corrected chi connectivity index (χ1v) is 13.4. The summed E-state index contributed by atoms with van der Waals surface area (Å²) < 4.78 is 5.72. The topological polar surface area (TPSA) is 26.3 Å². The van der Waals surface area contributed by atoms with Gasteiger partial charge in [-0.15, -0.1) is 0 Å².